The van der Waals surface area contributed by atoms with Crippen LogP contribution in [0, 0.1) is 0 Å². The maximum Gasteiger partial charge on any atom is 0.256 e. The average molecular weight is 322 g/mol. The van der Waals surface area contributed by atoms with Crippen molar-refractivity contribution in [1.29, 1.82) is 0 Å². The lowest BCUT2D eigenvalue weighted by atomic mass is 10.4. The van der Waals surface area contributed by atoms with Crippen molar-refractivity contribution in [2.24, 2.45) is 0 Å². The van der Waals surface area contributed by atoms with E-state index in [1.54, 1.807) is 29.8 Å². The molecule has 0 unspecified atom stereocenters. The van der Waals surface area contributed by atoms with Crippen molar-refractivity contribution in [3.63, 3.8) is 0 Å². The lowest BCUT2D eigenvalue weighted by Gasteiger charge is -2.05. The summed E-state index contributed by atoms with van der Waals surface area (Å²) in [6.45, 7) is 2.65. The van der Waals surface area contributed by atoms with Crippen LogP contribution in [0.3, 0.4) is 0 Å². The summed E-state index contributed by atoms with van der Waals surface area (Å²) in [6, 6.07) is 1.78. The molecule has 21 heavy (non-hydrogen) atoms. The molecule has 0 fully saturated rings. The van der Waals surface area contributed by atoms with Crippen LogP contribution in [0.15, 0.2) is 24.7 Å². The average Bonchev–Trinajstić information content (AvgIpc) is 3.16. The fraction of sp³-hybridized carbons (Fsp3) is 0.250. The normalized spacial score (nSPS) is 10.8. The molecule has 7 nitrogen and oxygen atoms in total. The van der Waals surface area contributed by atoms with Gasteiger partial charge in [0.25, 0.3) is 5.95 Å². The minimum atomic E-state index is 0.117. The number of anilines is 1. The van der Waals surface area contributed by atoms with Gasteiger partial charge in [-0.2, -0.15) is 20.1 Å². The maximum atomic E-state index is 5.92. The molecule has 108 valence electrons. The standard InChI is InChI=1S/C12H12ClN7S/c1-2-8-6-14-9(21-8)7-15-11-17-10(13)18-12(19-11)20-5-3-4-16-20/h3-6H,2,7H2,1H3,(H,15,17,18,19). The van der Waals surface area contributed by atoms with Gasteiger partial charge < -0.3 is 5.32 Å². The molecular weight excluding hydrogens is 310 g/mol. The van der Waals surface area contributed by atoms with E-state index in [-0.39, 0.29) is 5.28 Å². The first kappa shape index (κ1) is 13.9. The Morgan fingerprint density at radius 1 is 1.33 bits per heavy atom. The van der Waals surface area contributed by atoms with Crippen molar-refractivity contribution < 1.29 is 0 Å². The second-order valence-corrected chi connectivity index (χ2v) is 5.64. The predicted octanol–water partition coefficient (Wildman–Crippen LogP) is 2.34. The molecule has 0 aliphatic heterocycles. The Labute approximate surface area is 130 Å². The summed E-state index contributed by atoms with van der Waals surface area (Å²) in [5, 5.41) is 8.26. The van der Waals surface area contributed by atoms with Crippen LogP contribution < -0.4 is 5.32 Å². The third kappa shape index (κ3) is 3.34. The zero-order valence-electron chi connectivity index (χ0n) is 11.2. The molecule has 0 saturated carbocycles. The van der Waals surface area contributed by atoms with Gasteiger partial charge in [-0.25, -0.2) is 9.67 Å². The SMILES string of the molecule is CCc1cnc(CNc2nc(Cl)nc(-n3cccn3)n2)s1. The molecule has 3 heterocycles. The maximum absolute atomic E-state index is 5.92. The number of hydrogen-bond acceptors (Lipinski definition) is 7. The van der Waals surface area contributed by atoms with Crippen LogP contribution >= 0.6 is 22.9 Å². The van der Waals surface area contributed by atoms with Crippen LogP contribution in [-0.2, 0) is 13.0 Å². The number of nitrogens with one attached hydrogen (secondary N) is 1. The number of nitrogens with zero attached hydrogens (tertiary/aromatic N) is 6. The van der Waals surface area contributed by atoms with Crippen LogP contribution in [0.4, 0.5) is 5.95 Å². The Morgan fingerprint density at radius 3 is 2.95 bits per heavy atom. The van der Waals surface area contributed by atoms with Gasteiger partial charge in [-0.1, -0.05) is 6.92 Å². The van der Waals surface area contributed by atoms with Crippen LogP contribution in [0.2, 0.25) is 5.28 Å². The second-order valence-electron chi connectivity index (χ2n) is 4.11. The molecule has 3 aromatic heterocycles. The van der Waals surface area contributed by atoms with Crippen LogP contribution in [0.1, 0.15) is 16.8 Å². The summed E-state index contributed by atoms with van der Waals surface area (Å²) < 4.78 is 1.53. The zero-order chi connectivity index (χ0) is 14.7. The summed E-state index contributed by atoms with van der Waals surface area (Å²) in [7, 11) is 0. The van der Waals surface area contributed by atoms with E-state index in [1.165, 1.54) is 9.56 Å². The van der Waals surface area contributed by atoms with E-state index in [9.17, 15) is 0 Å². The van der Waals surface area contributed by atoms with Crippen molar-refractivity contribution in [2.75, 3.05) is 5.32 Å². The van der Waals surface area contributed by atoms with Crippen LogP contribution in [0.25, 0.3) is 5.95 Å². The second kappa shape index (κ2) is 6.15. The molecule has 0 saturated heterocycles. The number of halogens is 1. The summed E-state index contributed by atoms with van der Waals surface area (Å²) in [5.74, 6) is 0.768. The van der Waals surface area contributed by atoms with Crippen LogP contribution in [0.5, 0.6) is 0 Å². The van der Waals surface area contributed by atoms with Gasteiger partial charge in [0.2, 0.25) is 11.2 Å². The molecule has 0 spiro atoms. The summed E-state index contributed by atoms with van der Waals surface area (Å²) in [6.07, 6.45) is 6.26. The monoisotopic (exact) mass is 321 g/mol. The lowest BCUT2D eigenvalue weighted by molar-refractivity contribution is 0.794. The number of thiazole rings is 1. The molecule has 9 heteroatoms. The minimum Gasteiger partial charge on any atom is -0.348 e. The fourth-order valence-corrected chi connectivity index (χ4v) is 2.61. The Bertz CT molecular complexity index is 725. The molecule has 0 amide bonds. The third-order valence-corrected chi connectivity index (χ3v) is 3.96. The molecular formula is C12H12ClN7S. The van der Waals surface area contributed by atoms with Gasteiger partial charge in [0.05, 0.1) is 6.54 Å². The minimum absolute atomic E-state index is 0.117. The third-order valence-electron chi connectivity index (χ3n) is 2.65. The molecule has 0 radical (unpaired) electrons. The van der Waals surface area contributed by atoms with Crippen LogP contribution in [-0.4, -0.2) is 29.7 Å². The molecule has 1 N–H and O–H groups in total. The first-order valence-electron chi connectivity index (χ1n) is 6.33. The van der Waals surface area contributed by atoms with Crippen molar-refractivity contribution >= 4 is 28.9 Å². The highest BCUT2D eigenvalue weighted by atomic mass is 35.5. The summed E-state index contributed by atoms with van der Waals surface area (Å²) in [5.41, 5.74) is 0. The van der Waals surface area contributed by atoms with E-state index in [2.05, 4.69) is 37.3 Å². The molecule has 3 aromatic rings. The van der Waals surface area contributed by atoms with E-state index in [0.29, 0.717) is 18.4 Å². The van der Waals surface area contributed by atoms with E-state index in [4.69, 9.17) is 11.6 Å². The molecule has 3 rings (SSSR count). The highest BCUT2D eigenvalue weighted by molar-refractivity contribution is 7.11. The number of aryl methyl sites for hydroxylation is 1. The van der Waals surface area contributed by atoms with Crippen molar-refractivity contribution in [1.82, 2.24) is 29.7 Å². The highest BCUT2D eigenvalue weighted by Gasteiger charge is 2.08. The number of rotatable bonds is 5. The smallest absolute Gasteiger partial charge is 0.256 e. The van der Waals surface area contributed by atoms with Gasteiger partial charge in [0, 0.05) is 23.5 Å². The molecule has 0 atom stereocenters. The topological polar surface area (TPSA) is 81.4 Å². The van der Waals surface area contributed by atoms with Gasteiger partial charge in [-0.15, -0.1) is 11.3 Å². The quantitative estimate of drug-likeness (QED) is 0.776. The Kier molecular flexibility index (Phi) is 4.07. The molecule has 0 aliphatic carbocycles. The van der Waals surface area contributed by atoms with Crippen molar-refractivity contribution in [3.8, 4) is 5.95 Å². The fourth-order valence-electron chi connectivity index (χ4n) is 1.66. The zero-order valence-corrected chi connectivity index (χ0v) is 12.8. The predicted molar refractivity (Wildman–Crippen MR) is 80.8 cm³/mol. The van der Waals surface area contributed by atoms with E-state index >= 15 is 0 Å². The molecule has 0 aliphatic rings. The van der Waals surface area contributed by atoms with Gasteiger partial charge in [0.1, 0.15) is 5.01 Å². The highest BCUT2D eigenvalue weighted by Crippen LogP contribution is 2.15. The van der Waals surface area contributed by atoms with Crippen molar-refractivity contribution in [3.05, 3.63) is 39.8 Å². The molecule has 0 aromatic carbocycles. The Balaban J connectivity index is 1.76. The van der Waals surface area contributed by atoms with Gasteiger partial charge in [0.15, 0.2) is 0 Å². The van der Waals surface area contributed by atoms with Gasteiger partial charge >= 0.3 is 0 Å². The Hall–Kier alpha value is -2.06. The van der Waals surface area contributed by atoms with Crippen molar-refractivity contribution in [2.45, 2.75) is 19.9 Å². The largest absolute Gasteiger partial charge is 0.348 e. The lowest BCUT2D eigenvalue weighted by Crippen LogP contribution is -2.09. The van der Waals surface area contributed by atoms with E-state index in [1.807, 2.05) is 6.20 Å². The first-order chi connectivity index (χ1) is 10.2. The van der Waals surface area contributed by atoms with E-state index < -0.39 is 0 Å². The van der Waals surface area contributed by atoms with Gasteiger partial charge in [-0.05, 0) is 24.1 Å². The summed E-state index contributed by atoms with van der Waals surface area (Å²) in [4.78, 5) is 17.9. The van der Waals surface area contributed by atoms with E-state index in [0.717, 1.165) is 11.4 Å². The number of hydrogen-bond donors (Lipinski definition) is 1. The van der Waals surface area contributed by atoms with Gasteiger partial charge in [-0.3, -0.25) is 0 Å². The Morgan fingerprint density at radius 2 is 2.24 bits per heavy atom. The summed E-state index contributed by atoms with van der Waals surface area (Å²) >= 11 is 7.58. The molecule has 0 bridgehead atoms. The first-order valence-corrected chi connectivity index (χ1v) is 7.53. The number of aromatic nitrogens is 6.